The van der Waals surface area contributed by atoms with Gasteiger partial charge in [-0.25, -0.2) is 0 Å². The molecule has 0 aliphatic rings. The van der Waals surface area contributed by atoms with Crippen LogP contribution in [0.4, 0.5) is 26.3 Å². The number of hydrogen-bond donors (Lipinski definition) is 0. The predicted molar refractivity (Wildman–Crippen MR) is 60.2 cm³/mol. The zero-order valence-electron chi connectivity index (χ0n) is 10.7. The van der Waals surface area contributed by atoms with Crippen LogP contribution in [0.15, 0.2) is 18.2 Å². The van der Waals surface area contributed by atoms with E-state index in [4.69, 9.17) is 0 Å². The Kier molecular flexibility index (Phi) is 4.51. The lowest BCUT2D eigenvalue weighted by molar-refractivity contribution is -0.143. The summed E-state index contributed by atoms with van der Waals surface area (Å²) in [6, 6.07) is 1.07. The Balaban J connectivity index is 3.43. The van der Waals surface area contributed by atoms with Gasteiger partial charge in [-0.05, 0) is 18.6 Å². The predicted octanol–water partition coefficient (Wildman–Crippen LogP) is 4.95. The van der Waals surface area contributed by atoms with Crippen molar-refractivity contribution in [3.8, 4) is 0 Å². The van der Waals surface area contributed by atoms with Crippen molar-refractivity contribution < 1.29 is 31.1 Å². The number of ketones is 1. The third kappa shape index (κ3) is 3.52. The second-order valence-corrected chi connectivity index (χ2v) is 4.43. The van der Waals surface area contributed by atoms with Crippen molar-refractivity contribution in [3.63, 3.8) is 0 Å². The van der Waals surface area contributed by atoms with Crippen molar-refractivity contribution in [2.24, 2.45) is 5.92 Å². The van der Waals surface area contributed by atoms with E-state index in [-0.39, 0.29) is 6.07 Å². The van der Waals surface area contributed by atoms with Crippen LogP contribution in [0.3, 0.4) is 0 Å². The molecule has 0 aliphatic heterocycles. The number of Topliss-reactive ketones (excluding diaryl/α,β-unsaturated/α-hetero) is 1. The van der Waals surface area contributed by atoms with Crippen LogP contribution in [-0.2, 0) is 12.4 Å². The fourth-order valence-electron chi connectivity index (χ4n) is 1.62. The van der Waals surface area contributed by atoms with Crippen LogP contribution in [0.25, 0.3) is 0 Å². The number of halogens is 6. The first kappa shape index (κ1) is 16.5. The maximum absolute atomic E-state index is 12.8. The topological polar surface area (TPSA) is 17.1 Å². The molecule has 0 spiro atoms. The lowest BCUT2D eigenvalue weighted by Gasteiger charge is -2.17. The van der Waals surface area contributed by atoms with Gasteiger partial charge in [0.2, 0.25) is 0 Å². The molecule has 0 radical (unpaired) electrons. The number of alkyl halides is 6. The van der Waals surface area contributed by atoms with Crippen molar-refractivity contribution in [2.45, 2.75) is 32.6 Å². The Morgan fingerprint density at radius 2 is 1.65 bits per heavy atom. The van der Waals surface area contributed by atoms with Gasteiger partial charge in [0.05, 0.1) is 11.1 Å². The summed E-state index contributed by atoms with van der Waals surface area (Å²) >= 11 is 0. The van der Waals surface area contributed by atoms with E-state index in [0.29, 0.717) is 18.6 Å². The minimum Gasteiger partial charge on any atom is -0.294 e. The number of hydrogen-bond acceptors (Lipinski definition) is 1. The van der Waals surface area contributed by atoms with Gasteiger partial charge in [-0.1, -0.05) is 19.9 Å². The standard InChI is InChI=1S/C13H12F6O/c1-3-7(2)11(20)9-5-4-8(12(14,15)16)6-10(9)13(17,18)19/h4-7H,3H2,1-2H3. The number of carbonyl (C=O) groups is 1. The highest BCUT2D eigenvalue weighted by molar-refractivity contribution is 5.99. The van der Waals surface area contributed by atoms with Crippen LogP contribution >= 0.6 is 0 Å². The second kappa shape index (κ2) is 5.46. The van der Waals surface area contributed by atoms with Crippen molar-refractivity contribution in [1.82, 2.24) is 0 Å². The maximum Gasteiger partial charge on any atom is 0.417 e. The van der Waals surface area contributed by atoms with Gasteiger partial charge >= 0.3 is 12.4 Å². The summed E-state index contributed by atoms with van der Waals surface area (Å²) in [5.74, 6) is -1.50. The van der Waals surface area contributed by atoms with E-state index in [9.17, 15) is 31.1 Å². The molecule has 1 unspecified atom stereocenters. The van der Waals surface area contributed by atoms with E-state index in [1.54, 1.807) is 6.92 Å². The lowest BCUT2D eigenvalue weighted by atomic mass is 9.92. The molecule has 7 heteroatoms. The van der Waals surface area contributed by atoms with Crippen LogP contribution in [0.2, 0.25) is 0 Å². The molecule has 0 saturated heterocycles. The zero-order valence-corrected chi connectivity index (χ0v) is 10.7. The molecule has 0 amide bonds. The van der Waals surface area contributed by atoms with E-state index in [1.807, 2.05) is 0 Å². The summed E-state index contributed by atoms with van der Waals surface area (Å²) < 4.78 is 75.9. The molecular weight excluding hydrogens is 286 g/mol. The Hall–Kier alpha value is -1.53. The maximum atomic E-state index is 12.8. The van der Waals surface area contributed by atoms with E-state index < -0.39 is 40.7 Å². The minimum atomic E-state index is -5.01. The summed E-state index contributed by atoms with van der Waals surface area (Å²) in [6.07, 6.45) is -9.60. The van der Waals surface area contributed by atoms with Gasteiger partial charge in [-0.15, -0.1) is 0 Å². The molecule has 0 bridgehead atoms. The van der Waals surface area contributed by atoms with Gasteiger partial charge in [0.15, 0.2) is 5.78 Å². The highest BCUT2D eigenvalue weighted by Crippen LogP contribution is 2.38. The molecule has 1 aromatic carbocycles. The van der Waals surface area contributed by atoms with Crippen LogP contribution < -0.4 is 0 Å². The summed E-state index contributed by atoms with van der Waals surface area (Å²) in [5, 5.41) is 0. The summed E-state index contributed by atoms with van der Waals surface area (Å²) in [6.45, 7) is 3.04. The van der Waals surface area contributed by atoms with E-state index in [1.165, 1.54) is 6.92 Å². The average Bonchev–Trinajstić information content (AvgIpc) is 2.34. The van der Waals surface area contributed by atoms with Gasteiger partial charge < -0.3 is 0 Å². The molecule has 0 aliphatic carbocycles. The molecule has 1 atom stereocenters. The fourth-order valence-corrected chi connectivity index (χ4v) is 1.62. The third-order valence-electron chi connectivity index (χ3n) is 2.98. The van der Waals surface area contributed by atoms with Crippen molar-refractivity contribution >= 4 is 5.78 Å². The van der Waals surface area contributed by atoms with Gasteiger partial charge in [0.25, 0.3) is 0 Å². The summed E-state index contributed by atoms with van der Waals surface area (Å²) in [4.78, 5) is 11.8. The van der Waals surface area contributed by atoms with Crippen molar-refractivity contribution in [2.75, 3.05) is 0 Å². The molecule has 20 heavy (non-hydrogen) atoms. The third-order valence-corrected chi connectivity index (χ3v) is 2.98. The normalized spacial score (nSPS) is 14.2. The second-order valence-electron chi connectivity index (χ2n) is 4.43. The van der Waals surface area contributed by atoms with Crippen molar-refractivity contribution in [3.05, 3.63) is 34.9 Å². The lowest BCUT2D eigenvalue weighted by Crippen LogP contribution is -2.19. The first-order valence-corrected chi connectivity index (χ1v) is 5.81. The molecule has 1 rings (SSSR count). The highest BCUT2D eigenvalue weighted by Gasteiger charge is 2.39. The van der Waals surface area contributed by atoms with Gasteiger partial charge in [0.1, 0.15) is 0 Å². The zero-order chi connectivity index (χ0) is 15.7. The van der Waals surface area contributed by atoms with Gasteiger partial charge in [-0.3, -0.25) is 4.79 Å². The average molecular weight is 298 g/mol. The van der Waals surface area contributed by atoms with Crippen LogP contribution in [0.1, 0.15) is 41.8 Å². The number of benzene rings is 1. The van der Waals surface area contributed by atoms with E-state index in [0.717, 1.165) is 0 Å². The van der Waals surface area contributed by atoms with Gasteiger partial charge in [-0.2, -0.15) is 26.3 Å². The first-order valence-electron chi connectivity index (χ1n) is 5.81. The monoisotopic (exact) mass is 298 g/mol. The number of carbonyl (C=O) groups excluding carboxylic acids is 1. The Morgan fingerprint density at radius 3 is 2.05 bits per heavy atom. The molecule has 0 fully saturated rings. The summed E-state index contributed by atoms with van der Waals surface area (Å²) in [5.41, 5.74) is -3.69. The van der Waals surface area contributed by atoms with Crippen LogP contribution in [-0.4, -0.2) is 5.78 Å². The van der Waals surface area contributed by atoms with Crippen molar-refractivity contribution in [1.29, 1.82) is 0 Å². The molecule has 0 N–H and O–H groups in total. The molecular formula is C13H12F6O. The minimum absolute atomic E-state index is 0.0182. The Labute approximate surface area is 111 Å². The molecule has 0 heterocycles. The molecule has 0 aromatic heterocycles. The fraction of sp³-hybridized carbons (Fsp3) is 0.462. The molecule has 0 saturated carbocycles. The summed E-state index contributed by atoms with van der Waals surface area (Å²) in [7, 11) is 0. The first-order chi connectivity index (χ1) is 8.98. The van der Waals surface area contributed by atoms with Crippen LogP contribution in [0, 0.1) is 5.92 Å². The Morgan fingerprint density at radius 1 is 1.10 bits per heavy atom. The smallest absolute Gasteiger partial charge is 0.294 e. The van der Waals surface area contributed by atoms with E-state index >= 15 is 0 Å². The number of rotatable bonds is 3. The molecule has 1 aromatic rings. The van der Waals surface area contributed by atoms with E-state index in [2.05, 4.69) is 0 Å². The SMILES string of the molecule is CCC(C)C(=O)c1ccc(C(F)(F)F)cc1C(F)(F)F. The molecule has 1 nitrogen and oxygen atoms in total. The van der Waals surface area contributed by atoms with Gasteiger partial charge in [0, 0.05) is 11.5 Å². The largest absolute Gasteiger partial charge is 0.417 e. The quantitative estimate of drug-likeness (QED) is 0.570. The van der Waals surface area contributed by atoms with Crippen LogP contribution in [0.5, 0.6) is 0 Å². The highest BCUT2D eigenvalue weighted by atomic mass is 19.4. The Bertz CT molecular complexity index is 501. The molecule has 112 valence electrons.